The highest BCUT2D eigenvalue weighted by molar-refractivity contribution is 6.30. The molecule has 0 aliphatic carbocycles. The number of hydrogen-bond acceptors (Lipinski definition) is 3. The minimum atomic E-state index is -2.03. The molecule has 3 rings (SSSR count). The van der Waals surface area contributed by atoms with Gasteiger partial charge in [0.1, 0.15) is 5.82 Å². The lowest BCUT2D eigenvalue weighted by Gasteiger charge is -2.21. The first-order chi connectivity index (χ1) is 12.3. The van der Waals surface area contributed by atoms with Gasteiger partial charge in [-0.3, -0.25) is 9.59 Å². The third-order valence-corrected chi connectivity index (χ3v) is 4.85. The molecule has 0 saturated carbocycles. The Kier molecular flexibility index (Phi) is 5.12. The second-order valence-electron chi connectivity index (χ2n) is 6.61. The van der Waals surface area contributed by atoms with E-state index in [0.717, 1.165) is 5.56 Å². The van der Waals surface area contributed by atoms with Crippen molar-refractivity contribution in [2.75, 3.05) is 11.4 Å². The van der Waals surface area contributed by atoms with Gasteiger partial charge in [0.2, 0.25) is 5.60 Å². The molecule has 6 heteroatoms. The van der Waals surface area contributed by atoms with Crippen molar-refractivity contribution in [2.45, 2.75) is 31.8 Å². The molecule has 0 spiro atoms. The number of aryl methyl sites for hydroxylation is 2. The summed E-state index contributed by atoms with van der Waals surface area (Å²) in [7, 11) is 0. The molecule has 0 unspecified atom stereocenters. The van der Waals surface area contributed by atoms with E-state index in [1.807, 2.05) is 25.1 Å². The van der Waals surface area contributed by atoms with Crippen LogP contribution in [0.5, 0.6) is 0 Å². The fourth-order valence-electron chi connectivity index (χ4n) is 3.23. The highest BCUT2D eigenvalue weighted by Crippen LogP contribution is 2.30. The van der Waals surface area contributed by atoms with Crippen LogP contribution in [0.15, 0.2) is 42.5 Å². The number of Topliss-reactive ketones (excluding diaryl/α,β-unsaturated/α-hetero) is 1. The molecule has 4 nitrogen and oxygen atoms in total. The molecule has 1 heterocycles. The van der Waals surface area contributed by atoms with E-state index in [9.17, 15) is 19.1 Å². The normalized spacial score (nSPS) is 19.8. The van der Waals surface area contributed by atoms with Crippen LogP contribution in [-0.2, 0) is 16.0 Å². The third-order valence-electron chi connectivity index (χ3n) is 4.63. The zero-order chi connectivity index (χ0) is 18.9. The molecule has 1 N–H and O–H groups in total. The molecule has 1 aliphatic rings. The largest absolute Gasteiger partial charge is 0.373 e. The maximum atomic E-state index is 13.4. The Morgan fingerprint density at radius 1 is 1.31 bits per heavy atom. The van der Waals surface area contributed by atoms with Gasteiger partial charge in [0.15, 0.2) is 5.78 Å². The fraction of sp³-hybridized carbons (Fsp3) is 0.300. The summed E-state index contributed by atoms with van der Waals surface area (Å²) in [6.45, 7) is 2.18. The molecule has 1 atom stereocenters. The molecular weight excluding hydrogens is 357 g/mol. The van der Waals surface area contributed by atoms with Crippen molar-refractivity contribution in [1.29, 1.82) is 0 Å². The van der Waals surface area contributed by atoms with Gasteiger partial charge in [0, 0.05) is 30.1 Å². The van der Waals surface area contributed by atoms with Crippen molar-refractivity contribution in [1.82, 2.24) is 0 Å². The van der Waals surface area contributed by atoms with Gasteiger partial charge in [-0.05, 0) is 54.8 Å². The van der Waals surface area contributed by atoms with Crippen LogP contribution in [0.4, 0.5) is 10.1 Å². The number of ketones is 1. The topological polar surface area (TPSA) is 57.6 Å². The molecule has 26 heavy (non-hydrogen) atoms. The first-order valence-electron chi connectivity index (χ1n) is 8.39. The van der Waals surface area contributed by atoms with Gasteiger partial charge in [-0.2, -0.15) is 0 Å². The van der Waals surface area contributed by atoms with E-state index in [-0.39, 0.29) is 30.8 Å². The number of carbonyl (C=O) groups is 2. The average molecular weight is 376 g/mol. The van der Waals surface area contributed by atoms with E-state index >= 15 is 0 Å². The molecule has 0 radical (unpaired) electrons. The molecule has 1 fully saturated rings. The number of benzene rings is 2. The number of rotatable bonds is 5. The third kappa shape index (κ3) is 3.64. The monoisotopic (exact) mass is 375 g/mol. The highest BCUT2D eigenvalue weighted by Gasteiger charge is 2.50. The number of anilines is 1. The number of nitrogens with zero attached hydrogens (tertiary/aromatic N) is 1. The van der Waals surface area contributed by atoms with Crippen LogP contribution < -0.4 is 4.90 Å². The van der Waals surface area contributed by atoms with Crippen LogP contribution >= 0.6 is 11.6 Å². The maximum absolute atomic E-state index is 13.4. The number of hydrogen-bond donors (Lipinski definition) is 1. The molecule has 1 saturated heterocycles. The van der Waals surface area contributed by atoms with E-state index in [1.54, 1.807) is 12.1 Å². The summed E-state index contributed by atoms with van der Waals surface area (Å²) in [6, 6.07) is 11.4. The van der Waals surface area contributed by atoms with Crippen molar-refractivity contribution in [3.05, 3.63) is 64.4 Å². The maximum Gasteiger partial charge on any atom is 0.266 e. The van der Waals surface area contributed by atoms with Gasteiger partial charge < -0.3 is 10.0 Å². The Bertz CT molecular complexity index is 850. The van der Waals surface area contributed by atoms with Crippen molar-refractivity contribution in [3.8, 4) is 0 Å². The molecule has 0 bridgehead atoms. The van der Waals surface area contributed by atoms with Crippen molar-refractivity contribution in [3.63, 3.8) is 0 Å². The summed E-state index contributed by atoms with van der Waals surface area (Å²) in [5.74, 6) is -1.65. The molecular formula is C20H19ClFNO3. The summed E-state index contributed by atoms with van der Waals surface area (Å²) < 4.78 is 13.4. The highest BCUT2D eigenvalue weighted by atomic mass is 35.5. The van der Waals surface area contributed by atoms with Gasteiger partial charge in [0.05, 0.1) is 0 Å². The zero-order valence-electron chi connectivity index (χ0n) is 14.3. The predicted molar refractivity (Wildman–Crippen MR) is 97.8 cm³/mol. The Labute approximate surface area is 156 Å². The first-order valence-corrected chi connectivity index (χ1v) is 8.77. The summed E-state index contributed by atoms with van der Waals surface area (Å²) in [6.07, 6.45) is 0.183. The van der Waals surface area contributed by atoms with Gasteiger partial charge in [-0.15, -0.1) is 0 Å². The molecule has 0 aromatic heterocycles. The SMILES string of the molecule is Cc1cccc(N2CC[C@](O)(C(=O)CCc3cc(F)cc(Cl)c3)C2=O)c1. The average Bonchev–Trinajstić information content (AvgIpc) is 2.88. The fourth-order valence-corrected chi connectivity index (χ4v) is 3.47. The van der Waals surface area contributed by atoms with E-state index in [2.05, 4.69) is 0 Å². The number of halogens is 2. The van der Waals surface area contributed by atoms with E-state index < -0.39 is 23.1 Å². The van der Waals surface area contributed by atoms with Crippen molar-refractivity contribution in [2.24, 2.45) is 0 Å². The van der Waals surface area contributed by atoms with Crippen molar-refractivity contribution >= 4 is 29.0 Å². The number of carbonyl (C=O) groups excluding carboxylic acids is 2. The zero-order valence-corrected chi connectivity index (χ0v) is 15.1. The molecule has 1 amide bonds. The Morgan fingerprint density at radius 2 is 2.08 bits per heavy atom. The standard InChI is InChI=1S/C20H19ClFNO3/c1-13-3-2-4-17(9-13)23-8-7-20(26,19(23)25)18(24)6-5-14-10-15(21)12-16(22)11-14/h2-4,9-12,26H,5-8H2,1H3/t20-/m0/s1. The first kappa shape index (κ1) is 18.5. The van der Waals surface area contributed by atoms with Crippen LogP contribution in [-0.4, -0.2) is 28.9 Å². The van der Waals surface area contributed by atoms with Gasteiger partial charge in [0.25, 0.3) is 5.91 Å². The molecule has 1 aliphatic heterocycles. The van der Waals surface area contributed by atoms with Crippen LogP contribution in [0.2, 0.25) is 5.02 Å². The second-order valence-corrected chi connectivity index (χ2v) is 7.04. The van der Waals surface area contributed by atoms with Gasteiger partial charge >= 0.3 is 0 Å². The summed E-state index contributed by atoms with van der Waals surface area (Å²) in [5.41, 5.74) is 0.171. The van der Waals surface area contributed by atoms with Crippen LogP contribution in [0.1, 0.15) is 24.0 Å². The smallest absolute Gasteiger partial charge is 0.266 e. The van der Waals surface area contributed by atoms with Crippen molar-refractivity contribution < 1.29 is 19.1 Å². The Hall–Kier alpha value is -2.24. The predicted octanol–water partition coefficient (Wildman–Crippen LogP) is 3.46. The number of aliphatic hydroxyl groups is 1. The second kappa shape index (κ2) is 7.17. The number of amides is 1. The summed E-state index contributed by atoms with van der Waals surface area (Å²) >= 11 is 5.81. The van der Waals surface area contributed by atoms with Crippen LogP contribution in [0, 0.1) is 12.7 Å². The molecule has 136 valence electrons. The van der Waals surface area contributed by atoms with E-state index in [0.29, 0.717) is 11.3 Å². The molecule has 2 aromatic carbocycles. The molecule has 2 aromatic rings. The van der Waals surface area contributed by atoms with Gasteiger partial charge in [-0.1, -0.05) is 23.7 Å². The quantitative estimate of drug-likeness (QED) is 0.814. The lowest BCUT2D eigenvalue weighted by Crippen LogP contribution is -2.47. The van der Waals surface area contributed by atoms with Crippen LogP contribution in [0.25, 0.3) is 0 Å². The minimum absolute atomic E-state index is 0.0442. The van der Waals surface area contributed by atoms with E-state index in [4.69, 9.17) is 11.6 Å². The lowest BCUT2D eigenvalue weighted by molar-refractivity contribution is -0.147. The van der Waals surface area contributed by atoms with Gasteiger partial charge in [-0.25, -0.2) is 4.39 Å². The Balaban J connectivity index is 1.71. The lowest BCUT2D eigenvalue weighted by atomic mass is 9.92. The summed E-state index contributed by atoms with van der Waals surface area (Å²) in [5, 5.41) is 10.9. The summed E-state index contributed by atoms with van der Waals surface area (Å²) in [4.78, 5) is 26.6. The van der Waals surface area contributed by atoms with Crippen LogP contribution in [0.3, 0.4) is 0 Å². The minimum Gasteiger partial charge on any atom is -0.373 e. The Morgan fingerprint density at radius 3 is 2.77 bits per heavy atom. The van der Waals surface area contributed by atoms with E-state index in [1.165, 1.54) is 17.0 Å².